The highest BCUT2D eigenvalue weighted by atomic mass is 16.3. The molecule has 0 aromatic heterocycles. The Morgan fingerprint density at radius 2 is 0.630 bits per heavy atom. The lowest BCUT2D eigenvalue weighted by molar-refractivity contribution is -0.132. The van der Waals surface area contributed by atoms with Crippen LogP contribution in [0.5, 0.6) is 0 Å². The van der Waals surface area contributed by atoms with Crippen LogP contribution in [0.3, 0.4) is 0 Å². The van der Waals surface area contributed by atoms with Crippen LogP contribution in [0.2, 0.25) is 0 Å². The molecular formula is C48H97NO5. The molecule has 0 bridgehead atoms. The van der Waals surface area contributed by atoms with E-state index >= 15 is 0 Å². The lowest BCUT2D eigenvalue weighted by atomic mass is 9.99. The highest BCUT2D eigenvalue weighted by Gasteiger charge is 2.28. The van der Waals surface area contributed by atoms with Gasteiger partial charge in [0.2, 0.25) is 5.91 Å². The highest BCUT2D eigenvalue weighted by molar-refractivity contribution is 5.80. The Balaban J connectivity index is 3.61. The molecule has 0 aliphatic rings. The summed E-state index contributed by atoms with van der Waals surface area (Å²) in [6.07, 6.45) is 47.2. The summed E-state index contributed by atoms with van der Waals surface area (Å²) in [7, 11) is 0. The summed E-state index contributed by atoms with van der Waals surface area (Å²) in [5.41, 5.74) is 0. The van der Waals surface area contributed by atoms with Crippen molar-refractivity contribution in [2.75, 3.05) is 6.61 Å². The van der Waals surface area contributed by atoms with E-state index < -0.39 is 36.9 Å². The van der Waals surface area contributed by atoms with E-state index in [9.17, 15) is 25.2 Å². The van der Waals surface area contributed by atoms with Gasteiger partial charge in [-0.1, -0.05) is 258 Å². The third-order valence-corrected chi connectivity index (χ3v) is 11.8. The number of carbonyl (C=O) groups excluding carboxylic acids is 1. The maximum Gasteiger partial charge on any atom is 0.249 e. The molecule has 6 nitrogen and oxygen atoms in total. The van der Waals surface area contributed by atoms with Crippen LogP contribution in [0, 0.1) is 0 Å². The second-order valence-corrected chi connectivity index (χ2v) is 17.2. The second-order valence-electron chi connectivity index (χ2n) is 17.2. The molecule has 4 atom stereocenters. The zero-order valence-corrected chi connectivity index (χ0v) is 36.5. The fourth-order valence-corrected chi connectivity index (χ4v) is 7.94. The Kier molecular flexibility index (Phi) is 42.9. The fraction of sp³-hybridized carbons (Fsp3) is 0.979. The minimum Gasteiger partial charge on any atom is -0.394 e. The number of nitrogens with one attached hydrogen (secondary N) is 1. The van der Waals surface area contributed by atoms with Gasteiger partial charge >= 0.3 is 0 Å². The first-order chi connectivity index (χ1) is 26.5. The molecule has 0 aliphatic carbocycles. The Bertz CT molecular complexity index is 736. The summed E-state index contributed by atoms with van der Waals surface area (Å²) in [4.78, 5) is 12.5. The number of aliphatic hydroxyl groups excluding tert-OH is 4. The van der Waals surface area contributed by atoms with Crippen molar-refractivity contribution in [2.24, 2.45) is 0 Å². The van der Waals surface area contributed by atoms with E-state index in [1.807, 2.05) is 0 Å². The topological polar surface area (TPSA) is 110 Å². The summed E-state index contributed by atoms with van der Waals surface area (Å²) < 4.78 is 0. The zero-order valence-electron chi connectivity index (χ0n) is 36.5. The van der Waals surface area contributed by atoms with E-state index in [0.29, 0.717) is 12.8 Å². The standard InChI is InChI=1S/C48H97NO5/c1-3-5-7-9-11-13-15-17-19-20-21-22-23-24-25-26-27-28-30-32-34-36-38-40-42-46(52)48(54)49-44(43-50)47(53)45(51)41-39-37-35-33-31-29-18-16-14-12-10-8-6-4-2/h44-47,50-53H,3-43H2,1-2H3,(H,49,54)/t44-,45+,46?,47-/m0/s1. The van der Waals surface area contributed by atoms with Gasteiger partial charge in [-0.15, -0.1) is 0 Å². The molecule has 0 heterocycles. The fourth-order valence-electron chi connectivity index (χ4n) is 7.94. The Labute approximate surface area is 337 Å². The molecule has 0 aromatic carbocycles. The normalized spacial score (nSPS) is 14.0. The minimum absolute atomic E-state index is 0.376. The molecule has 0 aromatic rings. The molecule has 0 radical (unpaired) electrons. The van der Waals surface area contributed by atoms with Crippen molar-refractivity contribution in [1.29, 1.82) is 0 Å². The number of hydrogen-bond donors (Lipinski definition) is 5. The van der Waals surface area contributed by atoms with Crippen LogP contribution in [0.25, 0.3) is 0 Å². The van der Waals surface area contributed by atoms with Gasteiger partial charge in [0.25, 0.3) is 0 Å². The number of aliphatic hydroxyl groups is 4. The van der Waals surface area contributed by atoms with Crippen molar-refractivity contribution in [3.05, 3.63) is 0 Å². The van der Waals surface area contributed by atoms with Crippen LogP contribution in [-0.4, -0.2) is 57.3 Å². The van der Waals surface area contributed by atoms with Gasteiger partial charge in [0.1, 0.15) is 12.2 Å². The van der Waals surface area contributed by atoms with Gasteiger partial charge in [-0.05, 0) is 12.8 Å². The van der Waals surface area contributed by atoms with Gasteiger partial charge in [-0.25, -0.2) is 0 Å². The second kappa shape index (κ2) is 43.4. The van der Waals surface area contributed by atoms with Gasteiger partial charge in [0.05, 0.1) is 18.8 Å². The van der Waals surface area contributed by atoms with Crippen LogP contribution in [0.1, 0.15) is 271 Å². The molecule has 0 saturated heterocycles. The first-order valence-electron chi connectivity index (χ1n) is 24.4. The third-order valence-electron chi connectivity index (χ3n) is 11.8. The molecule has 1 unspecified atom stereocenters. The minimum atomic E-state index is -1.25. The lowest BCUT2D eigenvalue weighted by Gasteiger charge is -2.27. The predicted octanol–water partition coefficient (Wildman–Crippen LogP) is 13.2. The Hall–Kier alpha value is -0.690. The quantitative estimate of drug-likeness (QED) is 0.0396. The highest BCUT2D eigenvalue weighted by Crippen LogP contribution is 2.18. The van der Waals surface area contributed by atoms with Crippen molar-refractivity contribution in [2.45, 2.75) is 295 Å². The number of unbranched alkanes of at least 4 members (excludes halogenated alkanes) is 36. The van der Waals surface area contributed by atoms with Gasteiger partial charge < -0.3 is 25.7 Å². The smallest absolute Gasteiger partial charge is 0.249 e. The molecule has 54 heavy (non-hydrogen) atoms. The molecule has 1 amide bonds. The van der Waals surface area contributed by atoms with E-state index in [1.54, 1.807) is 0 Å². The molecule has 0 fully saturated rings. The van der Waals surface area contributed by atoms with Gasteiger partial charge in [-0.3, -0.25) is 4.79 Å². The molecule has 0 aliphatic heterocycles. The molecule has 6 heteroatoms. The van der Waals surface area contributed by atoms with E-state index in [1.165, 1.54) is 205 Å². The summed E-state index contributed by atoms with van der Waals surface area (Å²) in [5, 5.41) is 43.8. The molecule has 5 N–H and O–H groups in total. The maximum atomic E-state index is 12.5. The average Bonchev–Trinajstić information content (AvgIpc) is 3.18. The number of rotatable bonds is 45. The van der Waals surface area contributed by atoms with Crippen molar-refractivity contribution >= 4 is 5.91 Å². The van der Waals surface area contributed by atoms with Crippen molar-refractivity contribution in [1.82, 2.24) is 5.32 Å². The molecule has 0 rings (SSSR count). The van der Waals surface area contributed by atoms with Gasteiger partial charge in [-0.2, -0.15) is 0 Å². The summed E-state index contributed by atoms with van der Waals surface area (Å²) >= 11 is 0. The summed E-state index contributed by atoms with van der Waals surface area (Å²) in [6.45, 7) is 4.07. The first kappa shape index (κ1) is 53.3. The van der Waals surface area contributed by atoms with Crippen molar-refractivity contribution in [3.8, 4) is 0 Å². The predicted molar refractivity (Wildman–Crippen MR) is 233 cm³/mol. The molecule has 0 spiro atoms. The van der Waals surface area contributed by atoms with Crippen LogP contribution in [0.15, 0.2) is 0 Å². The molecule has 0 saturated carbocycles. The summed E-state index contributed by atoms with van der Waals surface area (Å²) in [6, 6.07) is -0.979. The largest absolute Gasteiger partial charge is 0.394 e. The van der Waals surface area contributed by atoms with E-state index in [0.717, 1.165) is 38.5 Å². The van der Waals surface area contributed by atoms with Crippen LogP contribution in [0.4, 0.5) is 0 Å². The molecule has 324 valence electrons. The molecular weight excluding hydrogens is 671 g/mol. The van der Waals surface area contributed by atoms with Gasteiger partial charge in [0, 0.05) is 0 Å². The average molecular weight is 768 g/mol. The Morgan fingerprint density at radius 3 is 0.889 bits per heavy atom. The Morgan fingerprint density at radius 1 is 0.389 bits per heavy atom. The lowest BCUT2D eigenvalue weighted by Crippen LogP contribution is -2.53. The maximum absolute atomic E-state index is 12.5. The monoisotopic (exact) mass is 768 g/mol. The van der Waals surface area contributed by atoms with E-state index in [2.05, 4.69) is 19.2 Å². The SMILES string of the molecule is CCCCCCCCCCCCCCCCCCCCCCCCCCC(O)C(=O)N[C@@H](CO)[C@H](O)[C@H](O)CCCCCCCCCCCCCCCC. The van der Waals surface area contributed by atoms with E-state index in [-0.39, 0.29) is 0 Å². The van der Waals surface area contributed by atoms with Crippen LogP contribution >= 0.6 is 0 Å². The van der Waals surface area contributed by atoms with Crippen LogP contribution < -0.4 is 5.32 Å². The third kappa shape index (κ3) is 36.9. The van der Waals surface area contributed by atoms with Gasteiger partial charge in [0.15, 0.2) is 0 Å². The zero-order chi connectivity index (χ0) is 39.6. The summed E-state index contributed by atoms with van der Waals surface area (Å²) in [5.74, 6) is -0.578. The number of carbonyl (C=O) groups is 1. The number of hydrogen-bond acceptors (Lipinski definition) is 5. The van der Waals surface area contributed by atoms with Crippen LogP contribution in [-0.2, 0) is 4.79 Å². The van der Waals surface area contributed by atoms with Crippen molar-refractivity contribution in [3.63, 3.8) is 0 Å². The first-order valence-corrected chi connectivity index (χ1v) is 24.4. The van der Waals surface area contributed by atoms with Crippen molar-refractivity contribution < 1.29 is 25.2 Å². The van der Waals surface area contributed by atoms with E-state index in [4.69, 9.17) is 0 Å². The number of amides is 1.